The molecule has 1 unspecified atom stereocenters. The molecular formula is C19H23N3O3. The zero-order valence-electron chi connectivity index (χ0n) is 14.8. The molecule has 1 aromatic heterocycles. The van der Waals surface area contributed by atoms with Crippen LogP contribution >= 0.6 is 0 Å². The summed E-state index contributed by atoms with van der Waals surface area (Å²) in [5.41, 5.74) is 1.50. The Hall–Kier alpha value is -2.76. The van der Waals surface area contributed by atoms with Crippen molar-refractivity contribution in [1.82, 2.24) is 10.3 Å². The molecule has 6 heteroatoms. The van der Waals surface area contributed by atoms with E-state index < -0.39 is 0 Å². The number of fused-ring (bicyclic) bond motifs is 1. The van der Waals surface area contributed by atoms with E-state index in [4.69, 9.17) is 9.47 Å². The van der Waals surface area contributed by atoms with Gasteiger partial charge in [-0.05, 0) is 36.8 Å². The molecule has 3 rings (SSSR count). The Kier molecular flexibility index (Phi) is 5.07. The van der Waals surface area contributed by atoms with Crippen LogP contribution in [0.3, 0.4) is 0 Å². The molecule has 0 fully saturated rings. The number of hydrogen-bond donors (Lipinski definition) is 1. The molecule has 1 aliphatic heterocycles. The Balaban J connectivity index is 1.70. The van der Waals surface area contributed by atoms with Crippen LogP contribution in [0.15, 0.2) is 36.5 Å². The lowest BCUT2D eigenvalue weighted by molar-refractivity contribution is 0.0939. The van der Waals surface area contributed by atoms with Crippen molar-refractivity contribution >= 4 is 11.7 Å². The molecule has 6 nitrogen and oxygen atoms in total. The van der Waals surface area contributed by atoms with Gasteiger partial charge < -0.3 is 19.7 Å². The second kappa shape index (κ2) is 7.42. The number of anilines is 1. The summed E-state index contributed by atoms with van der Waals surface area (Å²) in [6.45, 7) is 3.24. The van der Waals surface area contributed by atoms with Crippen molar-refractivity contribution in [1.29, 1.82) is 0 Å². The van der Waals surface area contributed by atoms with E-state index in [0.29, 0.717) is 18.8 Å². The first-order valence-corrected chi connectivity index (χ1v) is 8.38. The molecule has 0 bridgehead atoms. The fourth-order valence-corrected chi connectivity index (χ4v) is 2.60. The molecular weight excluding hydrogens is 318 g/mol. The van der Waals surface area contributed by atoms with Gasteiger partial charge >= 0.3 is 0 Å². The number of nitrogens with zero attached hydrogens (tertiary/aromatic N) is 2. The summed E-state index contributed by atoms with van der Waals surface area (Å²) in [6.07, 6.45) is 2.46. The van der Waals surface area contributed by atoms with Gasteiger partial charge in [0.05, 0.1) is 24.8 Å². The molecule has 0 radical (unpaired) electrons. The number of nitrogens with one attached hydrogen (secondary N) is 1. The van der Waals surface area contributed by atoms with Crippen molar-refractivity contribution in [2.45, 2.75) is 19.4 Å². The first-order chi connectivity index (χ1) is 12.0. The van der Waals surface area contributed by atoms with E-state index >= 15 is 0 Å². The maximum absolute atomic E-state index is 12.4. The van der Waals surface area contributed by atoms with Gasteiger partial charge in [-0.2, -0.15) is 0 Å². The lowest BCUT2D eigenvalue weighted by Gasteiger charge is -2.17. The number of benzene rings is 1. The number of carbonyl (C=O) groups excluding carboxylic acids is 1. The Labute approximate surface area is 147 Å². The first kappa shape index (κ1) is 17.1. The largest absolute Gasteiger partial charge is 0.490 e. The van der Waals surface area contributed by atoms with E-state index in [-0.39, 0.29) is 11.9 Å². The second-order valence-electron chi connectivity index (χ2n) is 6.25. The average molecular weight is 341 g/mol. The fraction of sp³-hybridized carbons (Fsp3) is 0.368. The molecule has 1 atom stereocenters. The lowest BCUT2D eigenvalue weighted by atomic mass is 10.1. The average Bonchev–Trinajstić information content (AvgIpc) is 2.86. The Morgan fingerprint density at radius 3 is 2.60 bits per heavy atom. The van der Waals surface area contributed by atoms with Gasteiger partial charge in [0.25, 0.3) is 5.91 Å². The molecule has 1 aliphatic rings. The maximum Gasteiger partial charge on any atom is 0.253 e. The number of aromatic nitrogens is 1. The smallest absolute Gasteiger partial charge is 0.253 e. The Morgan fingerprint density at radius 2 is 1.92 bits per heavy atom. The normalized spacial score (nSPS) is 14.4. The van der Waals surface area contributed by atoms with E-state index in [1.807, 2.05) is 50.2 Å². The van der Waals surface area contributed by atoms with Crippen LogP contribution in [0.5, 0.6) is 11.5 Å². The highest BCUT2D eigenvalue weighted by atomic mass is 16.5. The van der Waals surface area contributed by atoms with Gasteiger partial charge in [-0.15, -0.1) is 0 Å². The summed E-state index contributed by atoms with van der Waals surface area (Å²) in [4.78, 5) is 18.6. The minimum absolute atomic E-state index is 0.154. The summed E-state index contributed by atoms with van der Waals surface area (Å²) in [5.74, 6) is 2.14. The van der Waals surface area contributed by atoms with Gasteiger partial charge in [0.15, 0.2) is 11.5 Å². The molecule has 2 aromatic rings. The number of hydrogen-bond acceptors (Lipinski definition) is 5. The molecule has 2 heterocycles. The molecule has 25 heavy (non-hydrogen) atoms. The Morgan fingerprint density at radius 1 is 1.16 bits per heavy atom. The van der Waals surface area contributed by atoms with Gasteiger partial charge in [-0.25, -0.2) is 4.98 Å². The van der Waals surface area contributed by atoms with Crippen LogP contribution in [0, 0.1) is 0 Å². The van der Waals surface area contributed by atoms with Crippen molar-refractivity contribution in [2.75, 3.05) is 32.2 Å². The molecule has 0 spiro atoms. The zero-order valence-corrected chi connectivity index (χ0v) is 14.8. The summed E-state index contributed by atoms with van der Waals surface area (Å²) >= 11 is 0. The first-order valence-electron chi connectivity index (χ1n) is 8.38. The molecule has 1 aromatic carbocycles. The van der Waals surface area contributed by atoms with E-state index in [1.54, 1.807) is 12.3 Å². The van der Waals surface area contributed by atoms with Crippen LogP contribution in [0.2, 0.25) is 0 Å². The lowest BCUT2D eigenvalue weighted by Crippen LogP contribution is -2.27. The van der Waals surface area contributed by atoms with E-state index in [9.17, 15) is 4.79 Å². The minimum Gasteiger partial charge on any atom is -0.490 e. The van der Waals surface area contributed by atoms with Gasteiger partial charge in [-0.3, -0.25) is 4.79 Å². The van der Waals surface area contributed by atoms with Crippen LogP contribution in [0.1, 0.15) is 35.3 Å². The predicted molar refractivity (Wildman–Crippen MR) is 96.5 cm³/mol. The highest BCUT2D eigenvalue weighted by Gasteiger charge is 2.16. The third-order valence-corrected chi connectivity index (χ3v) is 4.09. The van der Waals surface area contributed by atoms with E-state index in [1.165, 1.54) is 0 Å². The van der Waals surface area contributed by atoms with Crippen molar-refractivity contribution in [3.63, 3.8) is 0 Å². The van der Waals surface area contributed by atoms with Gasteiger partial charge in [-0.1, -0.05) is 6.07 Å². The third kappa shape index (κ3) is 4.02. The van der Waals surface area contributed by atoms with Crippen molar-refractivity contribution in [3.8, 4) is 11.5 Å². The van der Waals surface area contributed by atoms with Crippen LogP contribution < -0.4 is 19.7 Å². The fourth-order valence-electron chi connectivity index (χ4n) is 2.60. The SMILES string of the molecule is CC(NC(=O)c1ccc(N(C)C)nc1)c1ccc2c(c1)OCCCO2. The topological polar surface area (TPSA) is 63.7 Å². The molecule has 132 valence electrons. The summed E-state index contributed by atoms with van der Waals surface area (Å²) in [6, 6.07) is 9.22. The van der Waals surface area contributed by atoms with Crippen molar-refractivity contribution in [2.24, 2.45) is 0 Å². The maximum atomic E-state index is 12.4. The summed E-state index contributed by atoms with van der Waals surface area (Å²) in [7, 11) is 3.82. The highest BCUT2D eigenvalue weighted by Crippen LogP contribution is 2.32. The Bertz CT molecular complexity index is 744. The minimum atomic E-state index is -0.155. The van der Waals surface area contributed by atoms with Crippen LogP contribution in [0.25, 0.3) is 0 Å². The van der Waals surface area contributed by atoms with Gasteiger partial charge in [0, 0.05) is 26.7 Å². The second-order valence-corrected chi connectivity index (χ2v) is 6.25. The number of amides is 1. The van der Waals surface area contributed by atoms with Crippen molar-refractivity contribution in [3.05, 3.63) is 47.7 Å². The summed E-state index contributed by atoms with van der Waals surface area (Å²) in [5, 5.41) is 2.99. The molecule has 0 aliphatic carbocycles. The third-order valence-electron chi connectivity index (χ3n) is 4.09. The summed E-state index contributed by atoms with van der Waals surface area (Å²) < 4.78 is 11.4. The van der Waals surface area contributed by atoms with Crippen LogP contribution in [-0.4, -0.2) is 38.2 Å². The van der Waals surface area contributed by atoms with Gasteiger partial charge in [0.2, 0.25) is 0 Å². The standard InChI is InChI=1S/C19H23N3O3/c1-13(14-5-7-16-17(11-14)25-10-4-9-24-16)21-19(23)15-6-8-18(20-12-15)22(2)3/h5-8,11-13H,4,9-10H2,1-3H3,(H,21,23). The zero-order chi connectivity index (χ0) is 17.8. The van der Waals surface area contributed by atoms with Gasteiger partial charge in [0.1, 0.15) is 5.82 Å². The highest BCUT2D eigenvalue weighted by molar-refractivity contribution is 5.94. The molecule has 1 N–H and O–H groups in total. The predicted octanol–water partition coefficient (Wildman–Crippen LogP) is 2.80. The van der Waals surface area contributed by atoms with Crippen LogP contribution in [0.4, 0.5) is 5.82 Å². The molecule has 0 saturated heterocycles. The number of pyridine rings is 1. The van der Waals surface area contributed by atoms with E-state index in [0.717, 1.165) is 29.3 Å². The molecule has 0 saturated carbocycles. The van der Waals surface area contributed by atoms with Crippen molar-refractivity contribution < 1.29 is 14.3 Å². The quantitative estimate of drug-likeness (QED) is 0.926. The number of rotatable bonds is 4. The van der Waals surface area contributed by atoms with Crippen LogP contribution in [-0.2, 0) is 0 Å². The van der Waals surface area contributed by atoms with E-state index in [2.05, 4.69) is 10.3 Å². The molecule has 1 amide bonds. The monoisotopic (exact) mass is 341 g/mol. The number of ether oxygens (including phenoxy) is 2. The number of carbonyl (C=O) groups is 1.